The maximum atomic E-state index is 14.0. The lowest BCUT2D eigenvalue weighted by atomic mass is 9.58. The highest BCUT2D eigenvalue weighted by Gasteiger charge is 2.63. The second kappa shape index (κ2) is 11.1. The van der Waals surface area contributed by atoms with E-state index in [1.807, 2.05) is 0 Å². The number of allylic oxidation sites excluding steroid dienone is 1. The molecular weight excluding hydrogens is 548 g/mol. The van der Waals surface area contributed by atoms with E-state index in [0.717, 1.165) is 0 Å². The van der Waals surface area contributed by atoms with Crippen LogP contribution in [0.5, 0.6) is 5.75 Å². The van der Waals surface area contributed by atoms with Gasteiger partial charge in [0, 0.05) is 43.4 Å². The number of aromatic hydroxyl groups is 1. The molecule has 0 aliphatic heterocycles. The zero-order chi connectivity index (χ0) is 31.3. The van der Waals surface area contributed by atoms with Gasteiger partial charge >= 0.3 is 6.09 Å². The minimum absolute atomic E-state index is 0.0146. The van der Waals surface area contributed by atoms with Crippen molar-refractivity contribution in [3.63, 3.8) is 0 Å². The largest absolute Gasteiger partial charge is 0.510 e. The molecule has 4 atom stereocenters. The van der Waals surface area contributed by atoms with Gasteiger partial charge in [0.2, 0.25) is 5.78 Å². The highest BCUT2D eigenvalue weighted by Crippen LogP contribution is 2.53. The molecule has 1 unspecified atom stereocenters. The van der Waals surface area contributed by atoms with Crippen molar-refractivity contribution in [2.45, 2.75) is 37.5 Å². The van der Waals surface area contributed by atoms with Gasteiger partial charge in [0.25, 0.3) is 5.91 Å². The average molecular weight is 585 g/mol. The Morgan fingerprint density at radius 2 is 1.88 bits per heavy atom. The van der Waals surface area contributed by atoms with E-state index >= 15 is 0 Å². The van der Waals surface area contributed by atoms with E-state index in [2.05, 4.69) is 11.9 Å². The van der Waals surface area contributed by atoms with Crippen molar-refractivity contribution >= 4 is 29.3 Å². The Kier molecular flexibility index (Phi) is 8.11. The Bertz CT molecular complexity index is 1440. The third-order valence-electron chi connectivity index (χ3n) is 8.24. The number of benzene rings is 1. The van der Waals surface area contributed by atoms with Crippen LogP contribution >= 0.6 is 0 Å². The number of rotatable bonds is 8. The number of primary amides is 1. The van der Waals surface area contributed by atoms with Gasteiger partial charge in [-0.15, -0.1) is 6.58 Å². The summed E-state index contributed by atoms with van der Waals surface area (Å²) in [6.45, 7) is 3.48. The fraction of sp³-hybridized carbons (Fsp3) is 0.448. The third-order valence-corrected chi connectivity index (χ3v) is 8.24. The summed E-state index contributed by atoms with van der Waals surface area (Å²) >= 11 is 0. The molecule has 13 nitrogen and oxygen atoms in total. The quantitative estimate of drug-likeness (QED) is 0.144. The number of nitrogens with two attached hydrogens (primary N) is 1. The number of aliphatic hydroxyl groups is 3. The fourth-order valence-corrected chi connectivity index (χ4v) is 6.34. The van der Waals surface area contributed by atoms with Gasteiger partial charge in [0.15, 0.2) is 11.4 Å². The van der Waals surface area contributed by atoms with Gasteiger partial charge in [-0.25, -0.2) is 4.79 Å². The second-order valence-electron chi connectivity index (χ2n) is 11.2. The number of aliphatic hydroxyl groups excluding tert-OH is 2. The van der Waals surface area contributed by atoms with E-state index < -0.39 is 69.9 Å². The zero-order valence-electron chi connectivity index (χ0n) is 23.9. The maximum Gasteiger partial charge on any atom is 0.407 e. The summed E-state index contributed by atoms with van der Waals surface area (Å²) in [7, 11) is 6.63. The number of fused-ring (bicyclic) bond motifs is 3. The molecule has 1 aromatic carbocycles. The third kappa shape index (κ3) is 4.68. The standard InChI is InChI=1S/C29H36N4O9/c1-6-7-8-42-28(40)31-12-14-11-17(32(2)3)15-9-13-10-16-21(33(4)5)24(36)20(27(30)39)26(38)29(16,41)25(37)18(13)23(35)19(15)22(14)34/h6,11,13,16,21,34,36-37,41H,1,7-10,12H2,2-5H3,(H2,30,39)(H,31,40)/t13-,16-,21?,29-/m1/s1. The number of nitrogens with zero attached hydrogens (tertiary/aromatic N) is 2. The molecule has 226 valence electrons. The van der Waals surface area contributed by atoms with Crippen LogP contribution in [0.1, 0.15) is 34.3 Å². The van der Waals surface area contributed by atoms with Crippen LogP contribution in [-0.2, 0) is 27.3 Å². The number of ketones is 2. The van der Waals surface area contributed by atoms with Gasteiger partial charge in [-0.1, -0.05) is 6.08 Å². The van der Waals surface area contributed by atoms with Crippen LogP contribution in [0.25, 0.3) is 0 Å². The summed E-state index contributed by atoms with van der Waals surface area (Å²) in [6, 6.07) is 0.566. The number of carbonyl (C=O) groups excluding carboxylic acids is 4. The topological polar surface area (TPSA) is 203 Å². The number of carbonyl (C=O) groups is 4. The number of nitrogens with one attached hydrogen (secondary N) is 1. The van der Waals surface area contributed by atoms with E-state index in [1.165, 1.54) is 4.90 Å². The summed E-state index contributed by atoms with van der Waals surface area (Å²) in [6.07, 6.45) is 1.44. The molecule has 0 radical (unpaired) electrons. The second-order valence-corrected chi connectivity index (χ2v) is 11.2. The number of anilines is 1. The lowest BCUT2D eigenvalue weighted by molar-refractivity contribution is -0.148. The van der Waals surface area contributed by atoms with E-state index in [4.69, 9.17) is 10.5 Å². The molecular formula is C29H36N4O9. The summed E-state index contributed by atoms with van der Waals surface area (Å²) in [4.78, 5) is 55.0. The van der Waals surface area contributed by atoms with Crippen LogP contribution in [0.3, 0.4) is 0 Å². The molecule has 0 bridgehead atoms. The highest BCUT2D eigenvalue weighted by molar-refractivity contribution is 6.25. The van der Waals surface area contributed by atoms with Crippen LogP contribution in [0.4, 0.5) is 10.5 Å². The predicted molar refractivity (Wildman–Crippen MR) is 151 cm³/mol. The molecule has 0 saturated heterocycles. The first-order valence-corrected chi connectivity index (χ1v) is 13.4. The number of phenols is 1. The minimum Gasteiger partial charge on any atom is -0.510 e. The first-order valence-electron chi connectivity index (χ1n) is 13.4. The average Bonchev–Trinajstić information content (AvgIpc) is 2.89. The minimum atomic E-state index is -2.72. The molecule has 13 heteroatoms. The SMILES string of the molecule is C=CCCOC(=O)NCc1cc(N(C)C)c2c(c1O)C(=O)C1=C(O)[C@@]3(O)C(=O)C(C(N)=O)=C(O)C(N(C)C)[C@H]3C[C@H]1C2. The van der Waals surface area contributed by atoms with Crippen LogP contribution in [-0.4, -0.2) is 95.3 Å². The lowest BCUT2D eigenvalue weighted by Crippen LogP contribution is -2.63. The van der Waals surface area contributed by atoms with Crippen LogP contribution in [0, 0.1) is 11.8 Å². The number of Topliss-reactive ketones (excluding diaryl/α,β-unsaturated/α-hetero) is 2. The number of hydrogen-bond acceptors (Lipinski definition) is 11. The van der Waals surface area contributed by atoms with Crippen molar-refractivity contribution in [1.29, 1.82) is 0 Å². The normalized spacial score (nSPS) is 25.0. The van der Waals surface area contributed by atoms with E-state index in [0.29, 0.717) is 17.7 Å². The Hall–Kier alpha value is -4.36. The van der Waals surface area contributed by atoms with Gasteiger partial charge in [-0.05, 0) is 50.9 Å². The van der Waals surface area contributed by atoms with Crippen LogP contribution < -0.4 is 16.0 Å². The number of ether oxygens (including phenoxy) is 1. The van der Waals surface area contributed by atoms with Crippen LogP contribution in [0.2, 0.25) is 0 Å². The summed E-state index contributed by atoms with van der Waals surface area (Å²) in [5.74, 6) is -7.21. The molecule has 0 aromatic heterocycles. The number of amides is 2. The van der Waals surface area contributed by atoms with Gasteiger partial charge in [0.05, 0.1) is 18.2 Å². The van der Waals surface area contributed by atoms with Crippen molar-refractivity contribution in [2.24, 2.45) is 17.6 Å². The molecule has 0 heterocycles. The molecule has 0 spiro atoms. The first kappa shape index (κ1) is 30.6. The zero-order valence-corrected chi connectivity index (χ0v) is 23.9. The fourth-order valence-electron chi connectivity index (χ4n) is 6.34. The molecule has 7 N–H and O–H groups in total. The molecule has 2 amide bonds. The van der Waals surface area contributed by atoms with E-state index in [1.54, 1.807) is 45.2 Å². The smallest absolute Gasteiger partial charge is 0.407 e. The Morgan fingerprint density at radius 3 is 2.45 bits per heavy atom. The van der Waals surface area contributed by atoms with Crippen molar-refractivity contribution in [1.82, 2.24) is 10.2 Å². The lowest BCUT2D eigenvalue weighted by Gasteiger charge is -2.50. The van der Waals surface area contributed by atoms with Crippen LogP contribution in [0.15, 0.2) is 41.4 Å². The van der Waals surface area contributed by atoms with Crippen molar-refractivity contribution in [2.75, 3.05) is 39.7 Å². The molecule has 0 fully saturated rings. The Labute approximate surface area is 242 Å². The monoisotopic (exact) mass is 584 g/mol. The van der Waals surface area contributed by atoms with Gasteiger partial charge < -0.3 is 41.1 Å². The Morgan fingerprint density at radius 1 is 1.21 bits per heavy atom. The molecule has 3 aliphatic rings. The number of alkyl carbamates (subject to hydrolysis) is 1. The maximum absolute atomic E-state index is 14.0. The summed E-state index contributed by atoms with van der Waals surface area (Å²) in [5, 5.41) is 47.9. The first-order chi connectivity index (χ1) is 19.7. The van der Waals surface area contributed by atoms with Gasteiger partial charge in [0.1, 0.15) is 22.8 Å². The Balaban J connectivity index is 1.83. The van der Waals surface area contributed by atoms with E-state index in [9.17, 15) is 39.6 Å². The summed E-state index contributed by atoms with van der Waals surface area (Å²) < 4.78 is 5.03. The van der Waals surface area contributed by atoms with Crippen molar-refractivity contribution < 1.29 is 44.3 Å². The van der Waals surface area contributed by atoms with E-state index in [-0.39, 0.29) is 42.7 Å². The number of phenolic OH excluding ortho intramolecular Hbond substituents is 1. The molecule has 42 heavy (non-hydrogen) atoms. The number of hydrogen-bond donors (Lipinski definition) is 6. The molecule has 0 saturated carbocycles. The number of likely N-dealkylation sites (N-methyl/N-ethyl adjacent to an activating group) is 1. The van der Waals surface area contributed by atoms with Gasteiger partial charge in [-0.3, -0.25) is 19.3 Å². The predicted octanol–water partition coefficient (Wildman–Crippen LogP) is 0.989. The van der Waals surface area contributed by atoms with Crippen molar-refractivity contribution in [3.05, 3.63) is 58.1 Å². The highest BCUT2D eigenvalue weighted by atomic mass is 16.5. The molecule has 1 aromatic rings. The molecule has 3 aliphatic carbocycles. The van der Waals surface area contributed by atoms with Crippen molar-refractivity contribution in [3.8, 4) is 5.75 Å². The molecule has 4 rings (SSSR count). The summed E-state index contributed by atoms with van der Waals surface area (Å²) in [5.41, 5.74) is 2.64. The van der Waals surface area contributed by atoms with Gasteiger partial charge in [-0.2, -0.15) is 0 Å².